The van der Waals surface area contributed by atoms with Crippen LogP contribution in [0, 0.1) is 15.5 Å². The van der Waals surface area contributed by atoms with Gasteiger partial charge in [-0.2, -0.15) is 0 Å². The number of rotatable bonds is 4. The molecular weight excluding hydrogens is 272 g/mol. The number of nitro benzene ring substituents is 1. The summed E-state index contributed by atoms with van der Waals surface area (Å²) in [6.07, 6.45) is 3.75. The quantitative estimate of drug-likeness (QED) is 0.556. The fourth-order valence-electron chi connectivity index (χ4n) is 2.09. The maximum Gasteiger partial charge on any atom is 0.269 e. The number of aromatic nitrogens is 4. The van der Waals surface area contributed by atoms with Gasteiger partial charge in [0, 0.05) is 18.7 Å². The van der Waals surface area contributed by atoms with Crippen molar-refractivity contribution in [3.05, 3.63) is 58.1 Å². The van der Waals surface area contributed by atoms with E-state index in [1.165, 1.54) is 18.5 Å². The molecule has 0 aliphatic heterocycles. The number of hydrogen-bond acceptors (Lipinski definition) is 5. The van der Waals surface area contributed by atoms with Crippen LogP contribution < -0.4 is 5.49 Å². The lowest BCUT2D eigenvalue weighted by atomic mass is 10.1. The molecule has 0 radical (unpaired) electrons. The lowest BCUT2D eigenvalue weighted by molar-refractivity contribution is -0.384. The number of fused-ring (bicyclic) bond motifs is 1. The second kappa shape index (κ2) is 5.16. The highest BCUT2D eigenvalue weighted by Gasteiger charge is 2.05. The lowest BCUT2D eigenvalue weighted by Gasteiger charge is -2.06. The van der Waals surface area contributed by atoms with E-state index in [1.54, 1.807) is 23.0 Å². The number of nitrogens with one attached hydrogen (secondary N) is 2. The van der Waals surface area contributed by atoms with Crippen LogP contribution in [-0.2, 0) is 13.0 Å². The van der Waals surface area contributed by atoms with Gasteiger partial charge in [0.05, 0.1) is 17.6 Å². The molecule has 0 saturated carbocycles. The summed E-state index contributed by atoms with van der Waals surface area (Å²) in [5.41, 5.74) is 2.48. The van der Waals surface area contributed by atoms with E-state index in [4.69, 9.17) is 5.41 Å². The van der Waals surface area contributed by atoms with Gasteiger partial charge in [-0.05, 0) is 12.0 Å². The smallest absolute Gasteiger partial charge is 0.269 e. The maximum absolute atomic E-state index is 10.6. The molecule has 0 unspecified atom stereocenters. The zero-order valence-corrected chi connectivity index (χ0v) is 11.0. The van der Waals surface area contributed by atoms with E-state index in [0.29, 0.717) is 29.6 Å². The van der Waals surface area contributed by atoms with Crippen LogP contribution in [-0.4, -0.2) is 24.4 Å². The Morgan fingerprint density at radius 1 is 1.29 bits per heavy atom. The van der Waals surface area contributed by atoms with Gasteiger partial charge >= 0.3 is 0 Å². The average Bonchev–Trinajstić information content (AvgIpc) is 2.96. The SMILES string of the molecule is N=c1c2[nH]cnc2ncn1CCc1ccc([N+](=O)[O-])cc1. The molecule has 0 aliphatic carbocycles. The summed E-state index contributed by atoms with van der Waals surface area (Å²) in [7, 11) is 0. The lowest BCUT2D eigenvalue weighted by Crippen LogP contribution is -2.22. The van der Waals surface area contributed by atoms with Crippen molar-refractivity contribution in [1.82, 2.24) is 19.5 Å². The number of hydrogen-bond donors (Lipinski definition) is 2. The first-order valence-electron chi connectivity index (χ1n) is 6.31. The van der Waals surface area contributed by atoms with Gasteiger partial charge in [0.1, 0.15) is 5.52 Å². The highest BCUT2D eigenvalue weighted by atomic mass is 16.6. The largest absolute Gasteiger partial charge is 0.340 e. The molecule has 0 atom stereocenters. The number of imidazole rings is 1. The van der Waals surface area contributed by atoms with Crippen molar-refractivity contribution in [3.63, 3.8) is 0 Å². The Kier molecular flexibility index (Phi) is 3.19. The van der Waals surface area contributed by atoms with Crippen molar-refractivity contribution in [1.29, 1.82) is 5.41 Å². The highest BCUT2D eigenvalue weighted by Crippen LogP contribution is 2.12. The van der Waals surface area contributed by atoms with Crippen LogP contribution in [0.3, 0.4) is 0 Å². The van der Waals surface area contributed by atoms with E-state index in [1.807, 2.05) is 0 Å². The number of nitro groups is 1. The van der Waals surface area contributed by atoms with Crippen LogP contribution in [0.25, 0.3) is 11.2 Å². The van der Waals surface area contributed by atoms with Gasteiger partial charge in [0.15, 0.2) is 11.1 Å². The minimum Gasteiger partial charge on any atom is -0.340 e. The zero-order chi connectivity index (χ0) is 14.8. The number of aromatic amines is 1. The summed E-state index contributed by atoms with van der Waals surface area (Å²) in [6, 6.07) is 6.42. The number of aryl methyl sites for hydroxylation is 2. The highest BCUT2D eigenvalue weighted by molar-refractivity contribution is 5.67. The molecule has 0 fully saturated rings. The molecule has 8 heteroatoms. The molecule has 0 saturated heterocycles. The Balaban J connectivity index is 1.78. The van der Waals surface area contributed by atoms with Crippen LogP contribution in [0.1, 0.15) is 5.56 Å². The number of nitrogens with zero attached hydrogens (tertiary/aromatic N) is 4. The predicted molar refractivity (Wildman–Crippen MR) is 74.5 cm³/mol. The van der Waals surface area contributed by atoms with Crippen LogP contribution in [0.5, 0.6) is 0 Å². The fourth-order valence-corrected chi connectivity index (χ4v) is 2.09. The van der Waals surface area contributed by atoms with E-state index in [9.17, 15) is 10.1 Å². The number of benzene rings is 1. The molecule has 106 valence electrons. The average molecular weight is 284 g/mol. The Morgan fingerprint density at radius 2 is 2.05 bits per heavy atom. The third kappa shape index (κ3) is 2.50. The summed E-state index contributed by atoms with van der Waals surface area (Å²) < 4.78 is 1.71. The minimum absolute atomic E-state index is 0.0770. The van der Waals surface area contributed by atoms with Crippen LogP contribution >= 0.6 is 0 Å². The van der Waals surface area contributed by atoms with Gasteiger partial charge in [-0.1, -0.05) is 12.1 Å². The zero-order valence-electron chi connectivity index (χ0n) is 11.0. The molecule has 3 aromatic rings. The van der Waals surface area contributed by atoms with Gasteiger partial charge in [0.2, 0.25) is 0 Å². The molecule has 2 N–H and O–H groups in total. The van der Waals surface area contributed by atoms with Crippen LogP contribution in [0.4, 0.5) is 5.69 Å². The monoisotopic (exact) mass is 284 g/mol. The standard InChI is InChI=1S/C13H12N6O2/c14-12-11-13(16-7-15-11)17-8-18(12)6-5-9-1-3-10(4-2-9)19(20)21/h1-4,7-8,14H,5-6H2,(H,15,16). The van der Waals surface area contributed by atoms with Crippen molar-refractivity contribution in [3.8, 4) is 0 Å². The van der Waals surface area contributed by atoms with Crippen molar-refractivity contribution in [2.45, 2.75) is 13.0 Å². The van der Waals surface area contributed by atoms with Gasteiger partial charge < -0.3 is 9.55 Å². The second-order valence-corrected chi connectivity index (χ2v) is 4.56. The first-order valence-corrected chi connectivity index (χ1v) is 6.31. The Hall–Kier alpha value is -3.03. The van der Waals surface area contributed by atoms with Crippen molar-refractivity contribution >= 4 is 16.9 Å². The van der Waals surface area contributed by atoms with Crippen LogP contribution in [0.2, 0.25) is 0 Å². The molecule has 0 spiro atoms. The normalized spacial score (nSPS) is 10.9. The Morgan fingerprint density at radius 3 is 2.76 bits per heavy atom. The van der Waals surface area contributed by atoms with Crippen molar-refractivity contribution < 1.29 is 4.92 Å². The summed E-state index contributed by atoms with van der Waals surface area (Å²) in [4.78, 5) is 21.2. The molecule has 1 aromatic carbocycles. The van der Waals surface area contributed by atoms with Crippen molar-refractivity contribution in [2.24, 2.45) is 0 Å². The summed E-state index contributed by atoms with van der Waals surface area (Å²) in [5, 5.41) is 18.7. The molecule has 3 rings (SSSR count). The van der Waals surface area contributed by atoms with Gasteiger partial charge in [-0.15, -0.1) is 0 Å². The second-order valence-electron chi connectivity index (χ2n) is 4.56. The molecule has 8 nitrogen and oxygen atoms in total. The van der Waals surface area contributed by atoms with Crippen LogP contribution in [0.15, 0.2) is 36.9 Å². The van der Waals surface area contributed by atoms with Gasteiger partial charge in [-0.3, -0.25) is 15.5 Å². The Labute approximate surface area is 118 Å². The van der Waals surface area contributed by atoms with Crippen molar-refractivity contribution in [2.75, 3.05) is 0 Å². The molecule has 2 heterocycles. The third-order valence-corrected chi connectivity index (χ3v) is 3.25. The predicted octanol–water partition coefficient (Wildman–Crippen LogP) is 1.39. The third-order valence-electron chi connectivity index (χ3n) is 3.25. The fraction of sp³-hybridized carbons (Fsp3) is 0.154. The van der Waals surface area contributed by atoms with Gasteiger partial charge in [-0.25, -0.2) is 9.97 Å². The molecular formula is C13H12N6O2. The molecule has 0 amide bonds. The van der Waals surface area contributed by atoms with E-state index in [-0.39, 0.29) is 5.69 Å². The summed E-state index contributed by atoms with van der Waals surface area (Å²) in [5.74, 6) is 0. The van der Waals surface area contributed by atoms with E-state index in [0.717, 1.165) is 5.56 Å². The molecule has 0 bridgehead atoms. The number of non-ortho nitro benzene ring substituents is 1. The van der Waals surface area contributed by atoms with E-state index < -0.39 is 4.92 Å². The molecule has 0 aliphatic rings. The van der Waals surface area contributed by atoms with Gasteiger partial charge in [0.25, 0.3) is 5.69 Å². The van der Waals surface area contributed by atoms with E-state index in [2.05, 4.69) is 15.0 Å². The maximum atomic E-state index is 10.6. The topological polar surface area (TPSA) is 113 Å². The molecule has 2 aromatic heterocycles. The first kappa shape index (κ1) is 13.0. The summed E-state index contributed by atoms with van der Waals surface area (Å²) in [6.45, 7) is 0.568. The Bertz CT molecular complexity index is 849. The first-order chi connectivity index (χ1) is 10.1. The number of H-pyrrole nitrogens is 1. The minimum atomic E-state index is -0.420. The molecule has 21 heavy (non-hydrogen) atoms. The summed E-state index contributed by atoms with van der Waals surface area (Å²) >= 11 is 0. The van der Waals surface area contributed by atoms with E-state index >= 15 is 0 Å².